The van der Waals surface area contributed by atoms with E-state index in [4.69, 9.17) is 0 Å². The standard InChI is InChI=1S/C16H19P/c1-5-14(3)12-17(13-15(4)6-2)16-10-8-7-9-11-16/h5-11H,1-4,12-13H2. The van der Waals surface area contributed by atoms with Gasteiger partial charge >= 0.3 is 0 Å². The van der Waals surface area contributed by atoms with Gasteiger partial charge in [0.05, 0.1) is 0 Å². The first-order chi connectivity index (χ1) is 8.17. The summed E-state index contributed by atoms with van der Waals surface area (Å²) in [5.41, 5.74) is 2.19. The average Bonchev–Trinajstić information content (AvgIpc) is 2.38. The van der Waals surface area contributed by atoms with Crippen LogP contribution in [0.4, 0.5) is 0 Å². The molecule has 0 radical (unpaired) electrons. The molecule has 0 bridgehead atoms. The number of benzene rings is 1. The Balaban J connectivity index is 2.86. The zero-order valence-electron chi connectivity index (χ0n) is 10.2. The summed E-state index contributed by atoms with van der Waals surface area (Å²) in [4.78, 5) is 0. The van der Waals surface area contributed by atoms with E-state index in [1.807, 2.05) is 18.2 Å². The van der Waals surface area contributed by atoms with Crippen molar-refractivity contribution in [3.8, 4) is 0 Å². The van der Waals surface area contributed by atoms with Gasteiger partial charge in [-0.3, -0.25) is 0 Å². The largest absolute Gasteiger partial charge is 0.0988 e. The highest BCUT2D eigenvalue weighted by Gasteiger charge is 2.11. The minimum atomic E-state index is -0.288. The van der Waals surface area contributed by atoms with Gasteiger partial charge in [-0.2, -0.15) is 0 Å². The van der Waals surface area contributed by atoms with Crippen molar-refractivity contribution in [1.29, 1.82) is 0 Å². The quantitative estimate of drug-likeness (QED) is 0.494. The molecule has 17 heavy (non-hydrogen) atoms. The van der Waals surface area contributed by atoms with Gasteiger partial charge < -0.3 is 0 Å². The lowest BCUT2D eigenvalue weighted by Gasteiger charge is -2.18. The van der Waals surface area contributed by atoms with Gasteiger partial charge in [-0.15, -0.1) is 0 Å². The summed E-state index contributed by atoms with van der Waals surface area (Å²) in [6.07, 6.45) is 5.65. The molecule has 0 aliphatic rings. The van der Waals surface area contributed by atoms with Gasteiger partial charge in [-0.25, -0.2) is 0 Å². The Labute approximate surface area is 106 Å². The van der Waals surface area contributed by atoms with Crippen LogP contribution in [-0.4, -0.2) is 12.3 Å². The molecule has 0 fully saturated rings. The summed E-state index contributed by atoms with van der Waals surface area (Å²) >= 11 is 0. The summed E-state index contributed by atoms with van der Waals surface area (Å²) in [6, 6.07) is 10.6. The predicted octanol–water partition coefficient (Wildman–Crippen LogP) is 4.28. The molecule has 0 saturated carbocycles. The molecule has 1 aromatic carbocycles. The van der Waals surface area contributed by atoms with Crippen molar-refractivity contribution in [3.05, 3.63) is 79.9 Å². The Hall–Kier alpha value is -1.39. The van der Waals surface area contributed by atoms with E-state index in [0.29, 0.717) is 0 Å². The molecular formula is C16H19P. The highest BCUT2D eigenvalue weighted by atomic mass is 31.1. The van der Waals surface area contributed by atoms with Crippen LogP contribution in [-0.2, 0) is 0 Å². The van der Waals surface area contributed by atoms with E-state index in [0.717, 1.165) is 23.5 Å². The first kappa shape index (κ1) is 13.7. The number of hydrogen-bond acceptors (Lipinski definition) is 0. The summed E-state index contributed by atoms with van der Waals surface area (Å²) in [6.45, 7) is 15.6. The SMILES string of the molecule is C=CC(=C)CP(CC(=C)C=C)c1ccccc1. The fraction of sp³-hybridized carbons (Fsp3) is 0.125. The Kier molecular flexibility index (Phi) is 5.66. The van der Waals surface area contributed by atoms with Crippen LogP contribution in [0.5, 0.6) is 0 Å². The van der Waals surface area contributed by atoms with Crippen LogP contribution in [0, 0.1) is 0 Å². The van der Waals surface area contributed by atoms with Gasteiger partial charge in [-0.1, -0.05) is 87.9 Å². The van der Waals surface area contributed by atoms with Gasteiger partial charge in [0.15, 0.2) is 0 Å². The first-order valence-electron chi connectivity index (χ1n) is 5.57. The Morgan fingerprint density at radius 2 is 1.41 bits per heavy atom. The normalized spacial score (nSPS) is 9.94. The third-order valence-electron chi connectivity index (χ3n) is 2.49. The lowest BCUT2D eigenvalue weighted by molar-refractivity contribution is 1.50. The maximum Gasteiger partial charge on any atom is -0.00359 e. The van der Waals surface area contributed by atoms with Crippen molar-refractivity contribution in [2.24, 2.45) is 0 Å². The number of hydrogen-bond donors (Lipinski definition) is 0. The highest BCUT2D eigenvalue weighted by molar-refractivity contribution is 7.66. The zero-order valence-corrected chi connectivity index (χ0v) is 11.1. The first-order valence-corrected chi connectivity index (χ1v) is 7.29. The molecule has 1 rings (SSSR count). The van der Waals surface area contributed by atoms with Crippen molar-refractivity contribution in [1.82, 2.24) is 0 Å². The van der Waals surface area contributed by atoms with Gasteiger partial charge in [0.25, 0.3) is 0 Å². The Bertz CT molecular complexity index is 392. The molecule has 0 heterocycles. The van der Waals surface area contributed by atoms with E-state index < -0.39 is 0 Å². The van der Waals surface area contributed by atoms with E-state index in [2.05, 4.69) is 50.6 Å². The van der Waals surface area contributed by atoms with Gasteiger partial charge in [0.2, 0.25) is 0 Å². The minimum Gasteiger partial charge on any atom is -0.0988 e. The molecule has 0 saturated heterocycles. The van der Waals surface area contributed by atoms with Crippen molar-refractivity contribution >= 4 is 13.2 Å². The topological polar surface area (TPSA) is 0 Å². The monoisotopic (exact) mass is 242 g/mol. The summed E-state index contributed by atoms with van der Waals surface area (Å²) in [5.74, 6) is 0. The third-order valence-corrected chi connectivity index (χ3v) is 5.09. The third kappa shape index (κ3) is 4.54. The molecule has 0 aliphatic heterocycles. The zero-order chi connectivity index (χ0) is 12.7. The van der Waals surface area contributed by atoms with Crippen LogP contribution >= 0.6 is 7.92 Å². The van der Waals surface area contributed by atoms with Crippen LogP contribution in [0.3, 0.4) is 0 Å². The Morgan fingerprint density at radius 3 is 1.82 bits per heavy atom. The maximum absolute atomic E-state index is 4.01. The summed E-state index contributed by atoms with van der Waals surface area (Å²) in [7, 11) is -0.288. The van der Waals surface area contributed by atoms with Crippen molar-refractivity contribution in [2.75, 3.05) is 12.3 Å². The molecule has 0 spiro atoms. The average molecular weight is 242 g/mol. The van der Waals surface area contributed by atoms with E-state index in [1.54, 1.807) is 0 Å². The summed E-state index contributed by atoms with van der Waals surface area (Å²) < 4.78 is 0. The van der Waals surface area contributed by atoms with Crippen LogP contribution < -0.4 is 5.30 Å². The second-order valence-corrected chi connectivity index (χ2v) is 6.14. The van der Waals surface area contributed by atoms with E-state index >= 15 is 0 Å². The second-order valence-electron chi connectivity index (χ2n) is 3.92. The molecule has 0 N–H and O–H groups in total. The Morgan fingerprint density at radius 1 is 0.941 bits per heavy atom. The van der Waals surface area contributed by atoms with Crippen molar-refractivity contribution < 1.29 is 0 Å². The summed E-state index contributed by atoms with van der Waals surface area (Å²) in [5, 5.41) is 1.38. The van der Waals surface area contributed by atoms with Crippen LogP contribution in [0.25, 0.3) is 0 Å². The number of allylic oxidation sites excluding steroid dienone is 4. The molecular weight excluding hydrogens is 223 g/mol. The molecule has 0 aromatic heterocycles. The molecule has 0 amide bonds. The predicted molar refractivity (Wildman–Crippen MR) is 81.4 cm³/mol. The molecule has 0 nitrogen and oxygen atoms in total. The van der Waals surface area contributed by atoms with Gasteiger partial charge in [-0.05, 0) is 17.6 Å². The number of rotatable bonds is 7. The van der Waals surface area contributed by atoms with Gasteiger partial charge in [0, 0.05) is 0 Å². The van der Waals surface area contributed by atoms with Crippen LogP contribution in [0.1, 0.15) is 0 Å². The van der Waals surface area contributed by atoms with Gasteiger partial charge in [0.1, 0.15) is 0 Å². The smallest absolute Gasteiger partial charge is 0.00359 e. The van der Waals surface area contributed by atoms with E-state index in [9.17, 15) is 0 Å². The maximum atomic E-state index is 4.01. The fourth-order valence-electron chi connectivity index (χ4n) is 1.50. The molecule has 0 aliphatic carbocycles. The van der Waals surface area contributed by atoms with E-state index in [-0.39, 0.29) is 7.92 Å². The molecule has 0 unspecified atom stereocenters. The lowest BCUT2D eigenvalue weighted by atomic mass is 10.3. The molecule has 88 valence electrons. The molecule has 1 heteroatoms. The van der Waals surface area contributed by atoms with Crippen LogP contribution in [0.15, 0.2) is 79.9 Å². The van der Waals surface area contributed by atoms with Crippen LogP contribution in [0.2, 0.25) is 0 Å². The van der Waals surface area contributed by atoms with Crippen molar-refractivity contribution in [3.63, 3.8) is 0 Å². The van der Waals surface area contributed by atoms with Crippen molar-refractivity contribution in [2.45, 2.75) is 0 Å². The lowest BCUT2D eigenvalue weighted by Crippen LogP contribution is -2.07. The van der Waals surface area contributed by atoms with E-state index in [1.165, 1.54) is 5.30 Å². The molecule has 0 atom stereocenters. The second kappa shape index (κ2) is 7.04. The highest BCUT2D eigenvalue weighted by Crippen LogP contribution is 2.38. The fourth-order valence-corrected chi connectivity index (χ4v) is 3.81. The minimum absolute atomic E-state index is 0.288. The molecule has 1 aromatic rings.